The van der Waals surface area contributed by atoms with Crippen molar-refractivity contribution in [3.8, 4) is 0 Å². The Labute approximate surface area is 128 Å². The van der Waals surface area contributed by atoms with Gasteiger partial charge >= 0.3 is 0 Å². The number of benzene rings is 2. The predicted molar refractivity (Wildman–Crippen MR) is 85.7 cm³/mol. The summed E-state index contributed by atoms with van der Waals surface area (Å²) in [5.74, 6) is -0.190. The van der Waals surface area contributed by atoms with E-state index in [0.717, 1.165) is 15.6 Å². The van der Waals surface area contributed by atoms with Crippen molar-refractivity contribution in [2.24, 2.45) is 0 Å². The highest BCUT2D eigenvalue weighted by Crippen LogP contribution is 2.30. The third-order valence-corrected chi connectivity index (χ3v) is 4.87. The topological polar surface area (TPSA) is 12.0 Å². The average molecular weight is 336 g/mol. The third kappa shape index (κ3) is 2.94. The maximum atomic E-state index is 13.3. The minimum absolute atomic E-state index is 0.0705. The molecular formula is C17H19BrFN. The highest BCUT2D eigenvalue weighted by atomic mass is 79.9. The molecule has 0 amide bonds. The zero-order chi connectivity index (χ0) is 14.9. The van der Waals surface area contributed by atoms with Gasteiger partial charge in [-0.1, -0.05) is 34.1 Å². The lowest BCUT2D eigenvalue weighted by atomic mass is 9.93. The Hall–Kier alpha value is -1.19. The fourth-order valence-electron chi connectivity index (χ4n) is 2.61. The van der Waals surface area contributed by atoms with E-state index in [1.165, 1.54) is 22.8 Å². The molecule has 20 heavy (non-hydrogen) atoms. The Bertz CT molecular complexity index is 614. The molecule has 2 rings (SSSR count). The zero-order valence-corrected chi connectivity index (χ0v) is 13.8. The van der Waals surface area contributed by atoms with Crippen LogP contribution in [-0.4, -0.2) is 7.05 Å². The summed E-state index contributed by atoms with van der Waals surface area (Å²) in [4.78, 5) is 0. The van der Waals surface area contributed by atoms with E-state index in [9.17, 15) is 4.39 Å². The van der Waals surface area contributed by atoms with Crippen molar-refractivity contribution >= 4 is 15.9 Å². The van der Waals surface area contributed by atoms with Gasteiger partial charge in [-0.2, -0.15) is 0 Å². The van der Waals surface area contributed by atoms with E-state index in [0.29, 0.717) is 0 Å². The van der Waals surface area contributed by atoms with Crippen LogP contribution in [0, 0.1) is 26.6 Å². The lowest BCUT2D eigenvalue weighted by Gasteiger charge is -2.21. The zero-order valence-electron chi connectivity index (χ0n) is 12.2. The molecular weight excluding hydrogens is 317 g/mol. The van der Waals surface area contributed by atoms with Gasteiger partial charge in [0.05, 0.1) is 6.04 Å². The number of halogens is 2. The molecule has 2 aromatic rings. The van der Waals surface area contributed by atoms with Crippen molar-refractivity contribution in [2.75, 3.05) is 7.05 Å². The Morgan fingerprint density at radius 3 is 2.10 bits per heavy atom. The van der Waals surface area contributed by atoms with Crippen LogP contribution in [0.1, 0.15) is 33.9 Å². The van der Waals surface area contributed by atoms with Crippen LogP contribution < -0.4 is 5.32 Å². The van der Waals surface area contributed by atoms with Crippen molar-refractivity contribution in [3.63, 3.8) is 0 Å². The van der Waals surface area contributed by atoms with Crippen molar-refractivity contribution in [2.45, 2.75) is 26.8 Å². The molecule has 0 bridgehead atoms. The molecule has 0 aliphatic carbocycles. The Kier molecular flexibility index (Phi) is 4.61. The molecule has 0 radical (unpaired) electrons. The molecule has 0 aliphatic rings. The van der Waals surface area contributed by atoms with Gasteiger partial charge in [0.1, 0.15) is 5.82 Å². The number of rotatable bonds is 3. The van der Waals surface area contributed by atoms with Gasteiger partial charge in [0.25, 0.3) is 0 Å². The van der Waals surface area contributed by atoms with Crippen molar-refractivity contribution in [1.82, 2.24) is 5.32 Å². The van der Waals surface area contributed by atoms with E-state index in [4.69, 9.17) is 0 Å². The van der Waals surface area contributed by atoms with E-state index in [1.807, 2.05) is 20.0 Å². The highest BCUT2D eigenvalue weighted by Gasteiger charge is 2.16. The molecule has 1 atom stereocenters. The van der Waals surface area contributed by atoms with Crippen molar-refractivity contribution in [1.29, 1.82) is 0 Å². The van der Waals surface area contributed by atoms with Gasteiger partial charge < -0.3 is 5.32 Å². The number of nitrogens with one attached hydrogen (secondary N) is 1. The molecule has 0 saturated heterocycles. The second-order valence-electron chi connectivity index (χ2n) is 5.19. The van der Waals surface area contributed by atoms with E-state index in [1.54, 1.807) is 6.07 Å². The summed E-state index contributed by atoms with van der Waals surface area (Å²) in [6.07, 6.45) is 0. The van der Waals surface area contributed by atoms with Crippen LogP contribution in [0.2, 0.25) is 0 Å². The van der Waals surface area contributed by atoms with Crippen LogP contribution in [-0.2, 0) is 0 Å². The molecule has 3 heteroatoms. The highest BCUT2D eigenvalue weighted by molar-refractivity contribution is 9.10. The minimum Gasteiger partial charge on any atom is -0.309 e. The second-order valence-corrected chi connectivity index (χ2v) is 5.98. The van der Waals surface area contributed by atoms with E-state index < -0.39 is 0 Å². The van der Waals surface area contributed by atoms with Crippen LogP contribution in [0.25, 0.3) is 0 Å². The molecule has 1 N–H and O–H groups in total. The molecule has 1 unspecified atom stereocenters. The molecule has 0 fully saturated rings. The van der Waals surface area contributed by atoms with Gasteiger partial charge in [0.2, 0.25) is 0 Å². The Balaban J connectivity index is 2.52. The largest absolute Gasteiger partial charge is 0.309 e. The summed E-state index contributed by atoms with van der Waals surface area (Å²) in [6, 6.07) is 9.37. The molecule has 0 spiro atoms. The van der Waals surface area contributed by atoms with Crippen molar-refractivity contribution in [3.05, 3.63) is 68.4 Å². The predicted octanol–water partition coefficient (Wildman–Crippen LogP) is 4.82. The molecule has 0 aliphatic heterocycles. The first-order chi connectivity index (χ1) is 9.43. The maximum Gasteiger partial charge on any atom is 0.123 e. The van der Waals surface area contributed by atoms with Gasteiger partial charge in [-0.15, -0.1) is 0 Å². The molecule has 106 valence electrons. The monoisotopic (exact) mass is 335 g/mol. The van der Waals surface area contributed by atoms with E-state index >= 15 is 0 Å². The lowest BCUT2D eigenvalue weighted by Crippen LogP contribution is -2.19. The molecule has 2 aromatic carbocycles. The summed E-state index contributed by atoms with van der Waals surface area (Å²) in [5, 5.41) is 3.33. The fourth-order valence-corrected chi connectivity index (χ4v) is 2.84. The molecule has 1 nitrogen and oxygen atoms in total. The molecule has 0 saturated carbocycles. The van der Waals surface area contributed by atoms with Crippen LogP contribution >= 0.6 is 15.9 Å². The summed E-state index contributed by atoms with van der Waals surface area (Å²) >= 11 is 3.59. The summed E-state index contributed by atoms with van der Waals surface area (Å²) in [5.41, 5.74) is 5.68. The van der Waals surface area contributed by atoms with E-state index in [-0.39, 0.29) is 11.9 Å². The Morgan fingerprint density at radius 2 is 1.60 bits per heavy atom. The average Bonchev–Trinajstić information content (AvgIpc) is 2.39. The number of hydrogen-bond acceptors (Lipinski definition) is 1. The van der Waals surface area contributed by atoms with Crippen LogP contribution in [0.3, 0.4) is 0 Å². The normalized spacial score (nSPS) is 12.5. The summed E-state index contributed by atoms with van der Waals surface area (Å²) < 4.78 is 14.4. The first-order valence-corrected chi connectivity index (χ1v) is 7.43. The minimum atomic E-state index is -0.190. The lowest BCUT2D eigenvalue weighted by molar-refractivity contribution is 0.621. The van der Waals surface area contributed by atoms with E-state index in [2.05, 4.69) is 47.2 Å². The SMILES string of the molecule is CNC(c1cc(C)c(Br)c(C)c1)c1ccc(F)cc1C. The summed E-state index contributed by atoms with van der Waals surface area (Å²) in [6.45, 7) is 6.12. The quantitative estimate of drug-likeness (QED) is 0.847. The van der Waals surface area contributed by atoms with Gasteiger partial charge in [-0.05, 0) is 67.8 Å². The third-order valence-electron chi connectivity index (χ3n) is 3.62. The summed E-state index contributed by atoms with van der Waals surface area (Å²) in [7, 11) is 1.93. The van der Waals surface area contributed by atoms with Gasteiger partial charge in [0.15, 0.2) is 0 Å². The number of hydrogen-bond donors (Lipinski definition) is 1. The van der Waals surface area contributed by atoms with Crippen LogP contribution in [0.15, 0.2) is 34.8 Å². The second kappa shape index (κ2) is 6.06. The number of aryl methyl sites for hydroxylation is 3. The first kappa shape index (κ1) is 15.2. The first-order valence-electron chi connectivity index (χ1n) is 6.64. The molecule has 0 aromatic heterocycles. The smallest absolute Gasteiger partial charge is 0.123 e. The van der Waals surface area contributed by atoms with Gasteiger partial charge in [0, 0.05) is 4.47 Å². The fraction of sp³-hybridized carbons (Fsp3) is 0.294. The Morgan fingerprint density at radius 1 is 1.00 bits per heavy atom. The molecule has 0 heterocycles. The van der Waals surface area contributed by atoms with Gasteiger partial charge in [-0.25, -0.2) is 4.39 Å². The van der Waals surface area contributed by atoms with Crippen LogP contribution in [0.5, 0.6) is 0 Å². The van der Waals surface area contributed by atoms with Crippen molar-refractivity contribution < 1.29 is 4.39 Å². The van der Waals surface area contributed by atoms with Crippen LogP contribution in [0.4, 0.5) is 4.39 Å². The maximum absolute atomic E-state index is 13.3. The standard InChI is InChI=1S/C17H19BrFN/c1-10-9-14(19)5-6-15(10)17(20-4)13-7-11(2)16(18)12(3)8-13/h5-9,17,20H,1-4H3. The van der Waals surface area contributed by atoms with Gasteiger partial charge in [-0.3, -0.25) is 0 Å².